The molecule has 3 rings (SSSR count). The van der Waals surface area contributed by atoms with E-state index in [1.54, 1.807) is 4.68 Å². The molecule has 0 amide bonds. The van der Waals surface area contributed by atoms with Crippen molar-refractivity contribution in [3.05, 3.63) is 22.5 Å². The summed E-state index contributed by atoms with van der Waals surface area (Å²) in [6.45, 7) is 9.08. The van der Waals surface area contributed by atoms with Gasteiger partial charge in [0.25, 0.3) is 6.47 Å². The molecule has 2 saturated heterocycles. The maximum atomic E-state index is 10.5. The lowest BCUT2D eigenvalue weighted by molar-refractivity contribution is -0.385. The minimum Gasteiger partial charge on any atom is -0.462 e. The first kappa shape index (κ1) is 16.4. The number of hydrogen-bond acceptors (Lipinski definition) is 7. The van der Waals surface area contributed by atoms with Crippen molar-refractivity contribution in [3.8, 4) is 0 Å². The minimum absolute atomic E-state index is 0.0246. The molecule has 122 valence electrons. The highest BCUT2D eigenvalue weighted by atomic mass is 16.6. The lowest BCUT2D eigenvalue weighted by atomic mass is 10.2. The highest BCUT2D eigenvalue weighted by molar-refractivity contribution is 5.37. The Hall–Kier alpha value is -2.00. The second kappa shape index (κ2) is 6.01. The van der Waals surface area contributed by atoms with Gasteiger partial charge in [-0.05, 0) is 20.8 Å². The van der Waals surface area contributed by atoms with Gasteiger partial charge in [0.2, 0.25) is 0 Å². The second-order valence-corrected chi connectivity index (χ2v) is 6.20. The van der Waals surface area contributed by atoms with Gasteiger partial charge >= 0.3 is 5.69 Å². The third-order valence-electron chi connectivity index (χ3n) is 3.28. The Kier molecular flexibility index (Phi) is 4.47. The molecule has 0 spiro atoms. The first-order chi connectivity index (χ1) is 10.3. The fourth-order valence-corrected chi connectivity index (χ4v) is 2.15. The van der Waals surface area contributed by atoms with Crippen molar-refractivity contribution in [1.29, 1.82) is 0 Å². The van der Waals surface area contributed by atoms with Gasteiger partial charge in [-0.1, -0.05) is 0 Å². The zero-order valence-electron chi connectivity index (χ0n) is 12.9. The SMILES string of the molecule is CC(C)(C)OC=O.O=[N+]([O-])c1cnn(CC23CN2CCO3)c1. The van der Waals surface area contributed by atoms with Crippen molar-refractivity contribution in [3.63, 3.8) is 0 Å². The molecular formula is C13H20N4O5. The Bertz CT molecular complexity index is 553. The predicted molar refractivity (Wildman–Crippen MR) is 76.0 cm³/mol. The van der Waals surface area contributed by atoms with Crippen LogP contribution in [0.15, 0.2) is 12.4 Å². The van der Waals surface area contributed by atoms with E-state index < -0.39 is 4.92 Å². The van der Waals surface area contributed by atoms with Gasteiger partial charge in [0, 0.05) is 13.1 Å². The van der Waals surface area contributed by atoms with Crippen LogP contribution in [0, 0.1) is 10.1 Å². The summed E-state index contributed by atoms with van der Waals surface area (Å²) in [5.41, 5.74) is -0.515. The van der Waals surface area contributed by atoms with Crippen LogP contribution in [0.25, 0.3) is 0 Å². The van der Waals surface area contributed by atoms with E-state index in [9.17, 15) is 14.9 Å². The number of rotatable bonds is 4. The van der Waals surface area contributed by atoms with Crippen LogP contribution in [0.5, 0.6) is 0 Å². The summed E-state index contributed by atoms with van der Waals surface area (Å²) in [7, 11) is 0. The monoisotopic (exact) mass is 312 g/mol. The molecule has 0 aromatic carbocycles. The lowest BCUT2D eigenvalue weighted by Gasteiger charge is -2.14. The molecule has 0 radical (unpaired) electrons. The molecular weight excluding hydrogens is 292 g/mol. The third-order valence-corrected chi connectivity index (χ3v) is 3.28. The van der Waals surface area contributed by atoms with Gasteiger partial charge in [-0.3, -0.25) is 24.5 Å². The number of nitrogens with zero attached hydrogens (tertiary/aromatic N) is 4. The second-order valence-electron chi connectivity index (χ2n) is 6.20. The molecule has 2 unspecified atom stereocenters. The van der Waals surface area contributed by atoms with Crippen LogP contribution in [0.2, 0.25) is 0 Å². The predicted octanol–water partition coefficient (Wildman–Crippen LogP) is 0.791. The molecule has 9 nitrogen and oxygen atoms in total. The molecule has 9 heteroatoms. The van der Waals surface area contributed by atoms with E-state index in [1.165, 1.54) is 12.4 Å². The fourth-order valence-electron chi connectivity index (χ4n) is 2.15. The summed E-state index contributed by atoms with van der Waals surface area (Å²) in [6.07, 6.45) is 2.70. The van der Waals surface area contributed by atoms with Crippen molar-refractivity contribution in [1.82, 2.24) is 14.7 Å². The number of fused-ring (bicyclic) bond motifs is 1. The Morgan fingerprint density at radius 2 is 2.32 bits per heavy atom. The number of nitro groups is 1. The van der Waals surface area contributed by atoms with Crippen LogP contribution < -0.4 is 0 Å². The Morgan fingerprint density at radius 3 is 2.68 bits per heavy atom. The number of carbonyl (C=O) groups excluding carboxylic acids is 1. The van der Waals surface area contributed by atoms with Crippen molar-refractivity contribution in [2.24, 2.45) is 0 Å². The molecule has 2 aliphatic rings. The molecule has 0 bridgehead atoms. The zero-order valence-corrected chi connectivity index (χ0v) is 12.9. The molecule has 0 aliphatic carbocycles. The standard InChI is InChI=1S/C8H10N4O3.C5H10O2/c13-12(14)7-3-9-11(4-7)6-8-5-10(8)1-2-15-8;1-5(2,3)7-4-6/h3-4H,1-2,5-6H2;4H,1-3H3. The van der Waals surface area contributed by atoms with Crippen LogP contribution >= 0.6 is 0 Å². The molecule has 0 saturated carbocycles. The number of morpholine rings is 1. The van der Waals surface area contributed by atoms with Gasteiger partial charge in [0.1, 0.15) is 18.0 Å². The van der Waals surface area contributed by atoms with Gasteiger partial charge in [0.05, 0.1) is 18.1 Å². The maximum absolute atomic E-state index is 10.5. The quantitative estimate of drug-likeness (QED) is 0.351. The number of ether oxygens (including phenoxy) is 2. The van der Waals surface area contributed by atoms with E-state index in [2.05, 4.69) is 14.7 Å². The van der Waals surface area contributed by atoms with Gasteiger partial charge in [0.15, 0.2) is 5.72 Å². The topological polar surface area (TPSA) is 99.5 Å². The smallest absolute Gasteiger partial charge is 0.306 e. The fraction of sp³-hybridized carbons (Fsp3) is 0.692. The maximum Gasteiger partial charge on any atom is 0.306 e. The van der Waals surface area contributed by atoms with E-state index in [0.717, 1.165) is 19.7 Å². The summed E-state index contributed by atoms with van der Waals surface area (Å²) in [4.78, 5) is 21.8. The Labute approximate surface area is 127 Å². The largest absolute Gasteiger partial charge is 0.462 e. The average Bonchev–Trinajstić information content (AvgIpc) is 2.76. The number of hydrogen-bond donors (Lipinski definition) is 0. The van der Waals surface area contributed by atoms with Crippen LogP contribution in [0.3, 0.4) is 0 Å². The summed E-state index contributed by atoms with van der Waals surface area (Å²) in [5.74, 6) is 0. The average molecular weight is 312 g/mol. The molecule has 2 fully saturated rings. The lowest BCUT2D eigenvalue weighted by Crippen LogP contribution is -2.23. The van der Waals surface area contributed by atoms with Crippen molar-refractivity contribution in [2.45, 2.75) is 38.6 Å². The van der Waals surface area contributed by atoms with Crippen LogP contribution in [0.1, 0.15) is 20.8 Å². The Balaban J connectivity index is 0.000000217. The van der Waals surface area contributed by atoms with Gasteiger partial charge in [-0.25, -0.2) is 0 Å². The molecule has 2 atom stereocenters. The van der Waals surface area contributed by atoms with Crippen molar-refractivity contribution < 1.29 is 19.2 Å². The van der Waals surface area contributed by atoms with E-state index >= 15 is 0 Å². The van der Waals surface area contributed by atoms with Crippen molar-refractivity contribution in [2.75, 3.05) is 19.7 Å². The summed E-state index contributed by atoms with van der Waals surface area (Å²) in [5, 5.41) is 14.4. The van der Waals surface area contributed by atoms with Gasteiger partial charge in [-0.2, -0.15) is 5.10 Å². The summed E-state index contributed by atoms with van der Waals surface area (Å²) in [6, 6.07) is 0. The molecule has 3 heterocycles. The van der Waals surface area contributed by atoms with Crippen LogP contribution in [-0.4, -0.2) is 57.1 Å². The third kappa shape index (κ3) is 4.01. The molecule has 1 aromatic rings. The highest BCUT2D eigenvalue weighted by Gasteiger charge is 2.57. The van der Waals surface area contributed by atoms with Crippen LogP contribution in [0.4, 0.5) is 5.69 Å². The zero-order chi connectivity index (χ0) is 16.4. The molecule has 0 N–H and O–H groups in total. The van der Waals surface area contributed by atoms with E-state index in [0.29, 0.717) is 13.0 Å². The molecule has 1 aromatic heterocycles. The first-order valence-electron chi connectivity index (χ1n) is 6.93. The normalized spacial score (nSPS) is 25.7. The number of carbonyl (C=O) groups is 1. The summed E-state index contributed by atoms with van der Waals surface area (Å²) < 4.78 is 11.7. The molecule has 22 heavy (non-hydrogen) atoms. The van der Waals surface area contributed by atoms with Gasteiger partial charge < -0.3 is 9.47 Å². The van der Waals surface area contributed by atoms with Crippen molar-refractivity contribution >= 4 is 12.2 Å². The first-order valence-corrected chi connectivity index (χ1v) is 6.93. The summed E-state index contributed by atoms with van der Waals surface area (Å²) >= 11 is 0. The Morgan fingerprint density at radius 1 is 1.59 bits per heavy atom. The number of aromatic nitrogens is 2. The molecule has 2 aliphatic heterocycles. The van der Waals surface area contributed by atoms with E-state index in [-0.39, 0.29) is 17.0 Å². The minimum atomic E-state index is -0.443. The van der Waals surface area contributed by atoms with E-state index in [1.807, 2.05) is 20.8 Å². The highest BCUT2D eigenvalue weighted by Crippen LogP contribution is 2.39. The van der Waals surface area contributed by atoms with E-state index in [4.69, 9.17) is 4.74 Å². The van der Waals surface area contributed by atoms with Crippen LogP contribution in [-0.2, 0) is 20.8 Å². The van der Waals surface area contributed by atoms with Gasteiger partial charge in [-0.15, -0.1) is 0 Å².